The largest absolute Gasteiger partial charge is 0.396 e. The number of nitrogen functional groups attached to an aromatic ring is 1. The monoisotopic (exact) mass is 230 g/mol. The quantitative estimate of drug-likeness (QED) is 0.794. The Balaban J connectivity index is 2.02. The van der Waals surface area contributed by atoms with E-state index in [4.69, 9.17) is 5.73 Å². The van der Waals surface area contributed by atoms with Crippen LogP contribution in [-0.4, -0.2) is 0 Å². The van der Waals surface area contributed by atoms with Crippen molar-refractivity contribution in [1.29, 1.82) is 0 Å². The standard InChI is InChI=1S/C14H15FN2/c1-10-2-4-11(5-3-10)9-17-12-6-7-14(16)13(15)8-12/h2-8,17H,9,16H2,1H3. The molecule has 0 spiro atoms. The average molecular weight is 230 g/mol. The van der Waals surface area contributed by atoms with Crippen LogP contribution in [0.4, 0.5) is 15.8 Å². The van der Waals surface area contributed by atoms with Crippen LogP contribution < -0.4 is 11.1 Å². The van der Waals surface area contributed by atoms with Gasteiger partial charge in [0.05, 0.1) is 5.69 Å². The van der Waals surface area contributed by atoms with Gasteiger partial charge in [-0.25, -0.2) is 4.39 Å². The van der Waals surface area contributed by atoms with Gasteiger partial charge in [-0.2, -0.15) is 0 Å². The van der Waals surface area contributed by atoms with E-state index in [-0.39, 0.29) is 11.5 Å². The van der Waals surface area contributed by atoms with E-state index in [2.05, 4.69) is 29.6 Å². The number of rotatable bonds is 3. The molecule has 3 heteroatoms. The van der Waals surface area contributed by atoms with E-state index in [0.29, 0.717) is 6.54 Å². The average Bonchev–Trinajstić information content (AvgIpc) is 2.33. The summed E-state index contributed by atoms with van der Waals surface area (Å²) >= 11 is 0. The third-order valence-electron chi connectivity index (χ3n) is 2.62. The van der Waals surface area contributed by atoms with Crippen LogP contribution in [0.3, 0.4) is 0 Å². The van der Waals surface area contributed by atoms with Gasteiger partial charge in [0.25, 0.3) is 0 Å². The molecule has 0 aromatic heterocycles. The van der Waals surface area contributed by atoms with E-state index in [0.717, 1.165) is 11.3 Å². The molecule has 0 unspecified atom stereocenters. The lowest BCUT2D eigenvalue weighted by Gasteiger charge is -2.07. The van der Waals surface area contributed by atoms with Gasteiger partial charge in [0, 0.05) is 12.2 Å². The zero-order valence-corrected chi connectivity index (χ0v) is 9.70. The molecule has 0 atom stereocenters. The highest BCUT2D eigenvalue weighted by Gasteiger charge is 1.99. The lowest BCUT2D eigenvalue weighted by Crippen LogP contribution is -2.00. The first-order valence-corrected chi connectivity index (χ1v) is 5.49. The van der Waals surface area contributed by atoms with E-state index < -0.39 is 0 Å². The summed E-state index contributed by atoms with van der Waals surface area (Å²) in [5.74, 6) is -0.390. The molecule has 2 aromatic rings. The second-order valence-corrected chi connectivity index (χ2v) is 4.08. The molecule has 0 saturated heterocycles. The summed E-state index contributed by atoms with van der Waals surface area (Å²) in [5.41, 5.74) is 8.70. The molecular formula is C14H15FN2. The van der Waals surface area contributed by atoms with Crippen molar-refractivity contribution in [2.45, 2.75) is 13.5 Å². The SMILES string of the molecule is Cc1ccc(CNc2ccc(N)c(F)c2)cc1. The fourth-order valence-electron chi connectivity index (χ4n) is 1.55. The lowest BCUT2D eigenvalue weighted by molar-refractivity contribution is 0.633. The highest BCUT2D eigenvalue weighted by Crippen LogP contribution is 2.16. The first-order valence-electron chi connectivity index (χ1n) is 5.49. The van der Waals surface area contributed by atoms with Crippen LogP contribution in [0.1, 0.15) is 11.1 Å². The number of benzene rings is 2. The molecule has 3 N–H and O–H groups in total. The Labute approximate surface area is 100 Å². The highest BCUT2D eigenvalue weighted by atomic mass is 19.1. The minimum atomic E-state index is -0.390. The van der Waals surface area contributed by atoms with Gasteiger partial charge in [-0.3, -0.25) is 0 Å². The van der Waals surface area contributed by atoms with Crippen molar-refractivity contribution >= 4 is 11.4 Å². The summed E-state index contributed by atoms with van der Waals surface area (Å²) in [6.07, 6.45) is 0. The molecule has 0 radical (unpaired) electrons. The van der Waals surface area contributed by atoms with Gasteiger partial charge in [-0.1, -0.05) is 29.8 Å². The summed E-state index contributed by atoms with van der Waals surface area (Å²) in [7, 11) is 0. The van der Waals surface area contributed by atoms with Gasteiger partial charge in [-0.05, 0) is 30.7 Å². The minimum absolute atomic E-state index is 0.172. The molecular weight excluding hydrogens is 215 g/mol. The smallest absolute Gasteiger partial charge is 0.148 e. The summed E-state index contributed by atoms with van der Waals surface area (Å²) in [6.45, 7) is 2.72. The second kappa shape index (κ2) is 4.87. The molecule has 2 aromatic carbocycles. The van der Waals surface area contributed by atoms with Crippen molar-refractivity contribution in [3.63, 3.8) is 0 Å². The molecule has 0 aliphatic rings. The first kappa shape index (κ1) is 11.5. The summed E-state index contributed by atoms with van der Waals surface area (Å²) in [5, 5.41) is 3.15. The number of nitrogens with two attached hydrogens (primary N) is 1. The van der Waals surface area contributed by atoms with Gasteiger partial charge in [-0.15, -0.1) is 0 Å². The first-order chi connectivity index (χ1) is 8.15. The maximum atomic E-state index is 13.2. The van der Waals surface area contributed by atoms with Gasteiger partial charge >= 0.3 is 0 Å². The third-order valence-corrected chi connectivity index (χ3v) is 2.62. The molecule has 0 heterocycles. The van der Waals surface area contributed by atoms with Gasteiger partial charge in [0.15, 0.2) is 0 Å². The normalized spacial score (nSPS) is 10.2. The van der Waals surface area contributed by atoms with Gasteiger partial charge in [0.2, 0.25) is 0 Å². The molecule has 0 bridgehead atoms. The van der Waals surface area contributed by atoms with Crippen LogP contribution in [0.2, 0.25) is 0 Å². The van der Waals surface area contributed by atoms with Gasteiger partial charge in [0.1, 0.15) is 5.82 Å². The van der Waals surface area contributed by atoms with Crippen LogP contribution >= 0.6 is 0 Å². The molecule has 0 aliphatic heterocycles. The lowest BCUT2D eigenvalue weighted by atomic mass is 10.1. The number of nitrogens with one attached hydrogen (secondary N) is 1. The Morgan fingerprint density at radius 3 is 2.47 bits per heavy atom. The number of halogens is 1. The van der Waals surface area contributed by atoms with Crippen LogP contribution in [0.15, 0.2) is 42.5 Å². The zero-order chi connectivity index (χ0) is 12.3. The van der Waals surface area contributed by atoms with E-state index in [1.807, 2.05) is 6.92 Å². The molecule has 17 heavy (non-hydrogen) atoms. The van der Waals surface area contributed by atoms with Gasteiger partial charge < -0.3 is 11.1 Å². The van der Waals surface area contributed by atoms with Crippen LogP contribution in [-0.2, 0) is 6.54 Å². The van der Waals surface area contributed by atoms with Crippen molar-refractivity contribution in [2.24, 2.45) is 0 Å². The molecule has 2 rings (SSSR count). The van der Waals surface area contributed by atoms with Crippen molar-refractivity contribution in [2.75, 3.05) is 11.1 Å². The van der Waals surface area contributed by atoms with Crippen molar-refractivity contribution in [1.82, 2.24) is 0 Å². The number of aryl methyl sites for hydroxylation is 1. The predicted molar refractivity (Wildman–Crippen MR) is 69.3 cm³/mol. The topological polar surface area (TPSA) is 38.0 Å². The summed E-state index contributed by atoms with van der Waals surface area (Å²) in [6, 6.07) is 13.0. The van der Waals surface area contributed by atoms with E-state index in [1.54, 1.807) is 12.1 Å². The van der Waals surface area contributed by atoms with Crippen molar-refractivity contribution in [3.8, 4) is 0 Å². The van der Waals surface area contributed by atoms with Crippen LogP contribution in [0.5, 0.6) is 0 Å². The van der Waals surface area contributed by atoms with Crippen LogP contribution in [0, 0.1) is 12.7 Å². The summed E-state index contributed by atoms with van der Waals surface area (Å²) < 4.78 is 13.2. The minimum Gasteiger partial charge on any atom is -0.396 e. The molecule has 0 amide bonds. The zero-order valence-electron chi connectivity index (χ0n) is 9.70. The Morgan fingerprint density at radius 1 is 1.12 bits per heavy atom. The molecule has 0 fully saturated rings. The summed E-state index contributed by atoms with van der Waals surface area (Å²) in [4.78, 5) is 0. The van der Waals surface area contributed by atoms with Crippen molar-refractivity contribution < 1.29 is 4.39 Å². The Kier molecular flexibility index (Phi) is 3.28. The third kappa shape index (κ3) is 2.97. The highest BCUT2D eigenvalue weighted by molar-refractivity contribution is 5.52. The fourth-order valence-corrected chi connectivity index (χ4v) is 1.55. The molecule has 2 nitrogen and oxygen atoms in total. The number of hydrogen-bond donors (Lipinski definition) is 2. The van der Waals surface area contributed by atoms with E-state index in [1.165, 1.54) is 11.6 Å². The Bertz CT molecular complexity index is 506. The Hall–Kier alpha value is -2.03. The molecule has 0 aliphatic carbocycles. The van der Waals surface area contributed by atoms with E-state index >= 15 is 0 Å². The van der Waals surface area contributed by atoms with Crippen LogP contribution in [0.25, 0.3) is 0 Å². The van der Waals surface area contributed by atoms with E-state index in [9.17, 15) is 4.39 Å². The Morgan fingerprint density at radius 2 is 1.82 bits per heavy atom. The second-order valence-electron chi connectivity index (χ2n) is 4.08. The maximum absolute atomic E-state index is 13.2. The number of hydrogen-bond acceptors (Lipinski definition) is 2. The maximum Gasteiger partial charge on any atom is 0.148 e. The molecule has 0 saturated carbocycles. The predicted octanol–water partition coefficient (Wildman–Crippen LogP) is 3.33. The number of anilines is 2. The fraction of sp³-hybridized carbons (Fsp3) is 0.143. The molecule has 88 valence electrons. The van der Waals surface area contributed by atoms with Crippen molar-refractivity contribution in [3.05, 3.63) is 59.4 Å².